The van der Waals surface area contributed by atoms with Crippen molar-refractivity contribution in [2.24, 2.45) is 0 Å². The lowest BCUT2D eigenvalue weighted by Gasteiger charge is -2.16. The minimum Gasteiger partial charge on any atom is -0.497 e. The number of ether oxygens (including phenoxy) is 2. The van der Waals surface area contributed by atoms with Crippen LogP contribution in [0.2, 0.25) is 0 Å². The zero-order valence-electron chi connectivity index (χ0n) is 24.6. The van der Waals surface area contributed by atoms with Gasteiger partial charge in [0.2, 0.25) is 0 Å². The van der Waals surface area contributed by atoms with E-state index in [2.05, 4.69) is 30.9 Å². The zero-order valence-corrected chi connectivity index (χ0v) is 24.6. The third-order valence-electron chi connectivity index (χ3n) is 7.43. The molecule has 0 unspecified atom stereocenters. The van der Waals surface area contributed by atoms with Crippen LogP contribution in [0.5, 0.6) is 11.5 Å². The summed E-state index contributed by atoms with van der Waals surface area (Å²) in [5.74, 6) is 0.480. The third-order valence-corrected chi connectivity index (χ3v) is 7.43. The van der Waals surface area contributed by atoms with Gasteiger partial charge in [-0.2, -0.15) is 0 Å². The monoisotopic (exact) mass is 606 g/mol. The molecule has 3 N–H and O–H groups in total. The number of nitrogens with zero attached hydrogens (tertiary/aromatic N) is 3. The van der Waals surface area contributed by atoms with E-state index in [9.17, 15) is 13.6 Å². The fraction of sp³-hybridized carbons (Fsp3) is 0.118. The van der Waals surface area contributed by atoms with E-state index < -0.39 is 11.6 Å². The van der Waals surface area contributed by atoms with Crippen LogP contribution >= 0.6 is 0 Å². The highest BCUT2D eigenvalue weighted by Gasteiger charge is 2.18. The first-order valence-electron chi connectivity index (χ1n) is 14.0. The molecule has 0 aliphatic rings. The molecule has 0 saturated carbocycles. The first-order chi connectivity index (χ1) is 21.9. The first-order valence-corrected chi connectivity index (χ1v) is 14.0. The molecule has 0 radical (unpaired) electrons. The molecule has 0 saturated heterocycles. The van der Waals surface area contributed by atoms with E-state index in [0.717, 1.165) is 23.3 Å². The van der Waals surface area contributed by atoms with Crippen LogP contribution in [0.4, 0.5) is 31.8 Å². The Morgan fingerprint density at radius 2 is 1.71 bits per heavy atom. The van der Waals surface area contributed by atoms with E-state index in [1.165, 1.54) is 12.4 Å². The molecule has 6 rings (SSSR count). The van der Waals surface area contributed by atoms with Crippen molar-refractivity contribution in [1.29, 1.82) is 0 Å². The second-order valence-electron chi connectivity index (χ2n) is 10.2. The molecule has 0 aliphatic heterocycles. The van der Waals surface area contributed by atoms with Gasteiger partial charge in [-0.3, -0.25) is 4.79 Å². The Hall–Kier alpha value is -5.84. The van der Waals surface area contributed by atoms with Gasteiger partial charge in [0.25, 0.3) is 5.91 Å². The molecule has 0 atom stereocenters. The lowest BCUT2D eigenvalue weighted by molar-refractivity contribution is 0.102. The van der Waals surface area contributed by atoms with E-state index in [1.54, 1.807) is 38.6 Å². The lowest BCUT2D eigenvalue weighted by atomic mass is 10.0. The molecule has 6 aromatic rings. The molecule has 4 aromatic carbocycles. The Bertz CT molecular complexity index is 2070. The number of carbonyl (C=O) groups excluding carboxylic acids is 1. The Morgan fingerprint density at radius 3 is 2.51 bits per heavy atom. The summed E-state index contributed by atoms with van der Waals surface area (Å²) in [5.41, 5.74) is 3.19. The highest BCUT2D eigenvalue weighted by atomic mass is 19.1. The standard InChI is InChI=1S/C34H28F2N6O3/c1-19-7-11-24-23(13-14-37-33(24)41-28-12-9-21(35)15-27(28)36)30(19)42-34(43)26-6-4-5-25-31(26)39-18-40-32(25)38-17-20-8-10-22(44-2)16-29(20)45-3/h4-16,18H,17H2,1-3H3,(H,37,41)(H,42,43)(H,38,39,40). The molecule has 11 heteroatoms. The van der Waals surface area contributed by atoms with Gasteiger partial charge in [-0.05, 0) is 55.0 Å². The summed E-state index contributed by atoms with van der Waals surface area (Å²) in [5, 5.41) is 11.3. The lowest BCUT2D eigenvalue weighted by Crippen LogP contribution is -2.14. The minimum atomic E-state index is -0.746. The van der Waals surface area contributed by atoms with Crippen LogP contribution in [0.25, 0.3) is 21.7 Å². The fourth-order valence-corrected chi connectivity index (χ4v) is 5.12. The normalized spacial score (nSPS) is 11.0. The number of methoxy groups -OCH3 is 2. The number of pyridine rings is 1. The van der Waals surface area contributed by atoms with Crippen molar-refractivity contribution in [3.63, 3.8) is 0 Å². The number of halogens is 2. The largest absolute Gasteiger partial charge is 0.497 e. The summed E-state index contributed by atoms with van der Waals surface area (Å²) < 4.78 is 38.6. The van der Waals surface area contributed by atoms with Gasteiger partial charge in [0.1, 0.15) is 41.1 Å². The molecular formula is C34H28F2N6O3. The number of hydrogen-bond acceptors (Lipinski definition) is 8. The predicted molar refractivity (Wildman–Crippen MR) is 170 cm³/mol. The van der Waals surface area contributed by atoms with Crippen LogP contribution in [-0.2, 0) is 6.54 Å². The fourth-order valence-electron chi connectivity index (χ4n) is 5.12. The van der Waals surface area contributed by atoms with Gasteiger partial charge in [0.05, 0.1) is 36.7 Å². The second kappa shape index (κ2) is 12.4. The molecular weight excluding hydrogens is 578 g/mol. The Labute approximate surface area is 257 Å². The van der Waals surface area contributed by atoms with Gasteiger partial charge < -0.3 is 25.4 Å². The molecule has 2 heterocycles. The number of amides is 1. The number of rotatable bonds is 9. The quantitative estimate of drug-likeness (QED) is 0.156. The van der Waals surface area contributed by atoms with Crippen LogP contribution in [0.15, 0.2) is 85.3 Å². The summed E-state index contributed by atoms with van der Waals surface area (Å²) in [6.07, 6.45) is 2.97. The second-order valence-corrected chi connectivity index (χ2v) is 10.2. The number of aromatic nitrogens is 3. The predicted octanol–water partition coefficient (Wildman–Crippen LogP) is 7.39. The average Bonchev–Trinajstić information content (AvgIpc) is 3.05. The van der Waals surface area contributed by atoms with Crippen molar-refractivity contribution in [2.45, 2.75) is 13.5 Å². The van der Waals surface area contributed by atoms with Gasteiger partial charge in [-0.15, -0.1) is 0 Å². The molecule has 0 aliphatic carbocycles. The van der Waals surface area contributed by atoms with Crippen molar-refractivity contribution in [3.8, 4) is 11.5 Å². The van der Waals surface area contributed by atoms with Crippen LogP contribution in [0.3, 0.4) is 0 Å². The van der Waals surface area contributed by atoms with Gasteiger partial charge in [0, 0.05) is 46.6 Å². The van der Waals surface area contributed by atoms with Crippen molar-refractivity contribution >= 4 is 50.6 Å². The number of nitrogens with one attached hydrogen (secondary N) is 3. The van der Waals surface area contributed by atoms with E-state index in [0.29, 0.717) is 62.6 Å². The van der Waals surface area contributed by atoms with E-state index in [1.807, 2.05) is 43.3 Å². The maximum absolute atomic E-state index is 14.4. The first kappa shape index (κ1) is 29.2. The number of benzene rings is 4. The van der Waals surface area contributed by atoms with Gasteiger partial charge >= 0.3 is 0 Å². The molecule has 0 bridgehead atoms. The van der Waals surface area contributed by atoms with Gasteiger partial charge in [-0.1, -0.05) is 18.2 Å². The zero-order chi connectivity index (χ0) is 31.5. The SMILES string of the molecule is COc1ccc(CNc2ncnc3c(C(=O)Nc4c(C)ccc5c(Nc6ccc(F)cc6F)nccc45)cccc23)c(OC)c1. The minimum absolute atomic E-state index is 0.0767. The Morgan fingerprint density at radius 1 is 0.844 bits per heavy atom. The number of para-hydroxylation sites is 1. The van der Waals surface area contributed by atoms with Crippen LogP contribution in [0.1, 0.15) is 21.5 Å². The number of aryl methyl sites for hydroxylation is 1. The number of hydrogen-bond donors (Lipinski definition) is 3. The van der Waals surface area contributed by atoms with Crippen LogP contribution < -0.4 is 25.4 Å². The number of carbonyl (C=O) groups is 1. The van der Waals surface area contributed by atoms with Crippen LogP contribution in [0, 0.1) is 18.6 Å². The molecule has 9 nitrogen and oxygen atoms in total. The maximum Gasteiger partial charge on any atom is 0.257 e. The molecule has 0 fully saturated rings. The average molecular weight is 607 g/mol. The summed E-state index contributed by atoms with van der Waals surface area (Å²) in [4.78, 5) is 27.0. The van der Waals surface area contributed by atoms with Gasteiger partial charge in [-0.25, -0.2) is 23.7 Å². The van der Waals surface area contributed by atoms with Crippen molar-refractivity contribution in [1.82, 2.24) is 15.0 Å². The van der Waals surface area contributed by atoms with Crippen molar-refractivity contribution in [3.05, 3.63) is 114 Å². The highest BCUT2D eigenvalue weighted by molar-refractivity contribution is 6.16. The Balaban J connectivity index is 1.30. The smallest absolute Gasteiger partial charge is 0.257 e. The molecule has 1 amide bonds. The van der Waals surface area contributed by atoms with Crippen molar-refractivity contribution in [2.75, 3.05) is 30.2 Å². The van der Waals surface area contributed by atoms with Crippen molar-refractivity contribution < 1.29 is 23.0 Å². The van der Waals surface area contributed by atoms with Gasteiger partial charge in [0.15, 0.2) is 0 Å². The van der Waals surface area contributed by atoms with E-state index in [4.69, 9.17) is 9.47 Å². The summed E-state index contributed by atoms with van der Waals surface area (Å²) >= 11 is 0. The summed E-state index contributed by atoms with van der Waals surface area (Å²) in [7, 11) is 3.19. The molecule has 45 heavy (non-hydrogen) atoms. The van der Waals surface area contributed by atoms with E-state index >= 15 is 0 Å². The Kier molecular flexibility index (Phi) is 8.06. The maximum atomic E-state index is 14.4. The molecule has 226 valence electrons. The molecule has 2 aromatic heterocycles. The van der Waals surface area contributed by atoms with Crippen LogP contribution in [-0.4, -0.2) is 35.1 Å². The summed E-state index contributed by atoms with van der Waals surface area (Å²) in [6, 6.07) is 19.6. The molecule has 0 spiro atoms. The highest BCUT2D eigenvalue weighted by Crippen LogP contribution is 2.34. The number of anilines is 4. The summed E-state index contributed by atoms with van der Waals surface area (Å²) in [6.45, 7) is 2.29. The number of fused-ring (bicyclic) bond motifs is 2. The van der Waals surface area contributed by atoms with E-state index in [-0.39, 0.29) is 11.6 Å². The third kappa shape index (κ3) is 5.87. The topological polar surface area (TPSA) is 110 Å².